The molecule has 0 N–H and O–H groups in total. The second-order valence-corrected chi connectivity index (χ2v) is 6.23. The summed E-state index contributed by atoms with van der Waals surface area (Å²) in [5.41, 5.74) is 0. The van der Waals surface area contributed by atoms with Crippen LogP contribution in [-0.2, 0) is 14.3 Å². The molecule has 1 heterocycles. The monoisotopic (exact) mass is 303 g/mol. The lowest BCUT2D eigenvalue weighted by atomic mass is 10.1. The van der Waals surface area contributed by atoms with Crippen molar-refractivity contribution < 1.29 is 14.3 Å². The number of rotatable bonds is 8. The molecule has 19 heavy (non-hydrogen) atoms. The van der Waals surface area contributed by atoms with E-state index in [2.05, 4.69) is 4.74 Å². The number of carbonyl (C=O) groups is 2. The van der Waals surface area contributed by atoms with Crippen molar-refractivity contribution in [2.75, 3.05) is 19.4 Å². The SMILES string of the molecule is COC(=O)CCCCCCCC(=O)N1CCSC1=S. The van der Waals surface area contributed by atoms with E-state index in [1.54, 1.807) is 16.7 Å². The summed E-state index contributed by atoms with van der Waals surface area (Å²) < 4.78 is 5.30. The molecule has 0 atom stereocenters. The molecule has 0 saturated carbocycles. The van der Waals surface area contributed by atoms with Crippen LogP contribution in [-0.4, -0.2) is 40.5 Å². The van der Waals surface area contributed by atoms with E-state index in [4.69, 9.17) is 12.2 Å². The smallest absolute Gasteiger partial charge is 0.305 e. The molecular weight excluding hydrogens is 282 g/mol. The first kappa shape index (κ1) is 16.4. The van der Waals surface area contributed by atoms with Crippen molar-refractivity contribution >= 4 is 40.2 Å². The Kier molecular flexibility index (Phi) is 8.05. The summed E-state index contributed by atoms with van der Waals surface area (Å²) in [6.07, 6.45) is 5.95. The number of carbonyl (C=O) groups excluding carboxylic acids is 2. The molecule has 0 aromatic carbocycles. The van der Waals surface area contributed by atoms with Crippen LogP contribution in [0.25, 0.3) is 0 Å². The summed E-state index contributed by atoms with van der Waals surface area (Å²) in [6.45, 7) is 0.765. The van der Waals surface area contributed by atoms with Gasteiger partial charge in [0.25, 0.3) is 0 Å². The standard InChI is InChI=1S/C13H21NO3S2/c1-17-12(16)8-6-4-2-3-5-7-11(15)14-9-10-19-13(14)18/h2-10H2,1H3. The zero-order chi connectivity index (χ0) is 14.1. The van der Waals surface area contributed by atoms with Gasteiger partial charge in [-0.1, -0.05) is 43.2 Å². The van der Waals surface area contributed by atoms with Crippen LogP contribution in [0, 0.1) is 0 Å². The predicted molar refractivity (Wildman–Crippen MR) is 81.1 cm³/mol. The highest BCUT2D eigenvalue weighted by molar-refractivity contribution is 8.23. The van der Waals surface area contributed by atoms with Crippen molar-refractivity contribution in [1.29, 1.82) is 0 Å². The maximum absolute atomic E-state index is 11.8. The van der Waals surface area contributed by atoms with Crippen molar-refractivity contribution in [2.24, 2.45) is 0 Å². The quantitative estimate of drug-likeness (QED) is 0.392. The molecule has 108 valence electrons. The third-order valence-electron chi connectivity index (χ3n) is 3.06. The van der Waals surface area contributed by atoms with Crippen molar-refractivity contribution in [2.45, 2.75) is 44.9 Å². The van der Waals surface area contributed by atoms with E-state index in [0.717, 1.165) is 48.7 Å². The van der Waals surface area contributed by atoms with E-state index in [-0.39, 0.29) is 11.9 Å². The third-order valence-corrected chi connectivity index (χ3v) is 4.49. The minimum absolute atomic E-state index is 0.143. The number of ether oxygens (including phenoxy) is 1. The highest BCUT2D eigenvalue weighted by atomic mass is 32.2. The summed E-state index contributed by atoms with van der Waals surface area (Å²) in [4.78, 5) is 24.4. The first-order chi connectivity index (χ1) is 9.15. The molecule has 1 saturated heterocycles. The van der Waals surface area contributed by atoms with Gasteiger partial charge in [0.15, 0.2) is 0 Å². The fraction of sp³-hybridized carbons (Fsp3) is 0.769. The van der Waals surface area contributed by atoms with Gasteiger partial charge in [-0.25, -0.2) is 0 Å². The summed E-state index contributed by atoms with van der Waals surface area (Å²) >= 11 is 6.69. The van der Waals surface area contributed by atoms with E-state index in [1.807, 2.05) is 0 Å². The Balaban J connectivity index is 1.97. The number of methoxy groups -OCH3 is 1. The van der Waals surface area contributed by atoms with Crippen LogP contribution >= 0.6 is 24.0 Å². The summed E-state index contributed by atoms with van der Waals surface area (Å²) in [5, 5.41) is 0. The zero-order valence-corrected chi connectivity index (χ0v) is 13.0. The van der Waals surface area contributed by atoms with Gasteiger partial charge in [-0.2, -0.15) is 0 Å². The number of unbranched alkanes of at least 4 members (excludes halogenated alkanes) is 4. The molecule has 0 bridgehead atoms. The fourth-order valence-electron chi connectivity index (χ4n) is 1.93. The molecule has 1 rings (SSSR count). The van der Waals surface area contributed by atoms with Crippen LogP contribution in [0.15, 0.2) is 0 Å². The van der Waals surface area contributed by atoms with Crippen LogP contribution in [0.3, 0.4) is 0 Å². The molecule has 0 aromatic heterocycles. The van der Waals surface area contributed by atoms with Gasteiger partial charge in [0.05, 0.1) is 7.11 Å². The topological polar surface area (TPSA) is 46.6 Å². The maximum Gasteiger partial charge on any atom is 0.305 e. The Hall–Kier alpha value is -0.620. The zero-order valence-electron chi connectivity index (χ0n) is 11.4. The van der Waals surface area contributed by atoms with E-state index < -0.39 is 0 Å². The minimum Gasteiger partial charge on any atom is -0.469 e. The number of thiocarbonyl (C=S) groups is 1. The van der Waals surface area contributed by atoms with E-state index in [1.165, 1.54) is 7.11 Å². The van der Waals surface area contributed by atoms with Crippen molar-refractivity contribution in [1.82, 2.24) is 4.90 Å². The second kappa shape index (κ2) is 9.31. The first-order valence-corrected chi connectivity index (χ1v) is 8.08. The highest BCUT2D eigenvalue weighted by Gasteiger charge is 2.23. The number of hydrogen-bond acceptors (Lipinski definition) is 5. The number of hydrogen-bond donors (Lipinski definition) is 0. The molecule has 0 spiro atoms. The lowest BCUT2D eigenvalue weighted by Crippen LogP contribution is -2.30. The predicted octanol–water partition coefficient (Wildman–Crippen LogP) is 2.75. The molecule has 1 aliphatic heterocycles. The van der Waals surface area contributed by atoms with Gasteiger partial charge >= 0.3 is 5.97 Å². The van der Waals surface area contributed by atoms with Gasteiger partial charge in [-0.3, -0.25) is 14.5 Å². The summed E-state index contributed by atoms with van der Waals surface area (Å²) in [7, 11) is 1.41. The minimum atomic E-state index is -0.143. The Morgan fingerprint density at radius 2 is 1.84 bits per heavy atom. The fourth-order valence-corrected chi connectivity index (χ4v) is 3.17. The molecule has 6 heteroatoms. The van der Waals surface area contributed by atoms with E-state index in [9.17, 15) is 9.59 Å². The molecule has 0 unspecified atom stereocenters. The molecule has 0 aromatic rings. The Bertz CT molecular complexity index is 334. The van der Waals surface area contributed by atoms with Gasteiger partial charge in [0, 0.05) is 25.1 Å². The molecule has 1 aliphatic rings. The van der Waals surface area contributed by atoms with Gasteiger partial charge in [-0.15, -0.1) is 0 Å². The third kappa shape index (κ3) is 6.38. The highest BCUT2D eigenvalue weighted by Crippen LogP contribution is 2.19. The first-order valence-electron chi connectivity index (χ1n) is 6.69. The van der Waals surface area contributed by atoms with E-state index >= 15 is 0 Å². The summed E-state index contributed by atoms with van der Waals surface area (Å²) in [6, 6.07) is 0. The van der Waals surface area contributed by atoms with Gasteiger partial charge in [-0.05, 0) is 12.8 Å². The van der Waals surface area contributed by atoms with Gasteiger partial charge in [0.1, 0.15) is 4.32 Å². The van der Waals surface area contributed by atoms with Crippen LogP contribution in [0.2, 0.25) is 0 Å². The van der Waals surface area contributed by atoms with Crippen LogP contribution in [0.1, 0.15) is 44.9 Å². The van der Waals surface area contributed by atoms with E-state index in [0.29, 0.717) is 12.8 Å². The van der Waals surface area contributed by atoms with Crippen LogP contribution in [0.5, 0.6) is 0 Å². The Labute approximate surface area is 124 Å². The number of amides is 1. The van der Waals surface area contributed by atoms with Crippen LogP contribution < -0.4 is 0 Å². The Morgan fingerprint density at radius 1 is 1.21 bits per heavy atom. The number of esters is 1. The molecule has 1 fully saturated rings. The largest absolute Gasteiger partial charge is 0.469 e. The normalized spacial score (nSPS) is 14.8. The molecule has 0 aliphatic carbocycles. The molecular formula is C13H21NO3S2. The average Bonchev–Trinajstić information content (AvgIpc) is 2.83. The second-order valence-electron chi connectivity index (χ2n) is 4.50. The van der Waals surface area contributed by atoms with Crippen molar-refractivity contribution in [3.63, 3.8) is 0 Å². The van der Waals surface area contributed by atoms with Gasteiger partial charge in [0.2, 0.25) is 5.91 Å². The average molecular weight is 303 g/mol. The van der Waals surface area contributed by atoms with Crippen molar-refractivity contribution in [3.8, 4) is 0 Å². The van der Waals surface area contributed by atoms with Crippen LogP contribution in [0.4, 0.5) is 0 Å². The lowest BCUT2D eigenvalue weighted by Gasteiger charge is -2.14. The molecule has 4 nitrogen and oxygen atoms in total. The van der Waals surface area contributed by atoms with Gasteiger partial charge < -0.3 is 4.74 Å². The van der Waals surface area contributed by atoms with Crippen molar-refractivity contribution in [3.05, 3.63) is 0 Å². The molecule has 1 amide bonds. The lowest BCUT2D eigenvalue weighted by molar-refractivity contribution is -0.140. The summed E-state index contributed by atoms with van der Waals surface area (Å²) in [5.74, 6) is 0.942. The Morgan fingerprint density at radius 3 is 2.42 bits per heavy atom. The maximum atomic E-state index is 11.8. The number of nitrogens with zero attached hydrogens (tertiary/aromatic N) is 1. The number of thioether (sulfide) groups is 1. The molecule has 0 radical (unpaired) electrons.